The molecule has 0 heterocycles. The molecular formula is C17H22O2Se. The Bertz CT molecular complexity index is 481. The topological polar surface area (TPSA) is 26.3 Å². The Balaban J connectivity index is 2.16. The normalized spacial score (nSPS) is 18.0. The number of methoxy groups -OCH3 is 1. The molecule has 2 rings (SSSR count). The van der Waals surface area contributed by atoms with Crippen LogP contribution in [0.5, 0.6) is 0 Å². The fourth-order valence-electron chi connectivity index (χ4n) is 2.61. The Morgan fingerprint density at radius 1 is 1.30 bits per heavy atom. The van der Waals surface area contributed by atoms with E-state index < -0.39 is 4.31 Å². The van der Waals surface area contributed by atoms with Gasteiger partial charge >= 0.3 is 127 Å². The molecule has 1 aromatic rings. The van der Waals surface area contributed by atoms with Crippen molar-refractivity contribution in [2.24, 2.45) is 0 Å². The van der Waals surface area contributed by atoms with Gasteiger partial charge in [0.15, 0.2) is 0 Å². The van der Waals surface area contributed by atoms with Gasteiger partial charge in [0.25, 0.3) is 0 Å². The summed E-state index contributed by atoms with van der Waals surface area (Å²) >= 11 is 0.0830. The SMILES string of the molecule is COC(=O)C(C)(CC1=CCCCC1)[Se]c1ccccc1. The third-order valence-corrected chi connectivity index (χ3v) is 6.32. The first-order valence-electron chi connectivity index (χ1n) is 7.14. The van der Waals surface area contributed by atoms with Crippen molar-refractivity contribution in [1.29, 1.82) is 0 Å². The molecule has 1 aliphatic carbocycles. The van der Waals surface area contributed by atoms with Crippen LogP contribution in [0.4, 0.5) is 0 Å². The number of carbonyl (C=O) groups excluding carboxylic acids is 1. The zero-order valence-electron chi connectivity index (χ0n) is 12.2. The van der Waals surface area contributed by atoms with E-state index in [4.69, 9.17) is 4.74 Å². The van der Waals surface area contributed by atoms with Gasteiger partial charge in [0.05, 0.1) is 0 Å². The Morgan fingerprint density at radius 2 is 2.05 bits per heavy atom. The van der Waals surface area contributed by atoms with Crippen LogP contribution in [0, 0.1) is 0 Å². The van der Waals surface area contributed by atoms with E-state index in [0.717, 1.165) is 19.3 Å². The molecule has 108 valence electrons. The van der Waals surface area contributed by atoms with Crippen molar-refractivity contribution in [3.05, 3.63) is 42.0 Å². The zero-order valence-corrected chi connectivity index (χ0v) is 13.9. The maximum atomic E-state index is 12.3. The molecule has 20 heavy (non-hydrogen) atoms. The van der Waals surface area contributed by atoms with Gasteiger partial charge in [-0.25, -0.2) is 0 Å². The molecule has 0 spiro atoms. The van der Waals surface area contributed by atoms with E-state index in [1.807, 2.05) is 18.2 Å². The summed E-state index contributed by atoms with van der Waals surface area (Å²) in [4.78, 5) is 12.3. The Hall–Kier alpha value is -1.05. The third kappa shape index (κ3) is 3.97. The fraction of sp³-hybridized carbons (Fsp3) is 0.471. The molecule has 0 saturated heterocycles. The molecule has 0 aliphatic heterocycles. The van der Waals surface area contributed by atoms with E-state index in [1.54, 1.807) is 0 Å². The van der Waals surface area contributed by atoms with Crippen molar-refractivity contribution in [1.82, 2.24) is 0 Å². The van der Waals surface area contributed by atoms with Crippen molar-refractivity contribution in [3.63, 3.8) is 0 Å². The molecule has 1 unspecified atom stereocenters. The number of esters is 1. The van der Waals surface area contributed by atoms with Gasteiger partial charge < -0.3 is 0 Å². The predicted octanol–water partition coefficient (Wildman–Crippen LogP) is 3.26. The van der Waals surface area contributed by atoms with Crippen LogP contribution in [0.25, 0.3) is 0 Å². The summed E-state index contributed by atoms with van der Waals surface area (Å²) in [6.45, 7) is 2.06. The molecule has 0 fully saturated rings. The Morgan fingerprint density at radius 3 is 2.65 bits per heavy atom. The molecule has 2 nitrogen and oxygen atoms in total. The van der Waals surface area contributed by atoms with Crippen LogP contribution in [-0.4, -0.2) is 28.0 Å². The second-order valence-corrected chi connectivity index (χ2v) is 8.73. The van der Waals surface area contributed by atoms with E-state index in [0.29, 0.717) is 0 Å². The molecular weight excluding hydrogens is 315 g/mol. The number of rotatable bonds is 5. The summed E-state index contributed by atoms with van der Waals surface area (Å²) in [6, 6.07) is 10.3. The van der Waals surface area contributed by atoms with Crippen molar-refractivity contribution in [2.75, 3.05) is 7.11 Å². The second-order valence-electron chi connectivity index (χ2n) is 5.42. The standard InChI is InChI=1S/C17H22O2Se/c1-17(16(18)19-2,13-14-9-5-3-6-10-14)20-15-11-7-4-8-12-15/h4,7-9,11-12H,3,5-6,10,13H2,1-2H3. The van der Waals surface area contributed by atoms with Crippen LogP contribution in [0.2, 0.25) is 4.31 Å². The van der Waals surface area contributed by atoms with E-state index >= 15 is 0 Å². The van der Waals surface area contributed by atoms with Gasteiger partial charge in [-0.15, -0.1) is 0 Å². The number of hydrogen-bond acceptors (Lipinski definition) is 2. The minimum atomic E-state index is -0.397. The van der Waals surface area contributed by atoms with Gasteiger partial charge in [-0.2, -0.15) is 0 Å². The molecule has 1 atom stereocenters. The van der Waals surface area contributed by atoms with Gasteiger partial charge in [-0.1, -0.05) is 0 Å². The number of benzene rings is 1. The molecule has 1 aliphatic rings. The van der Waals surface area contributed by atoms with Crippen LogP contribution >= 0.6 is 0 Å². The van der Waals surface area contributed by atoms with Gasteiger partial charge in [0, 0.05) is 0 Å². The summed E-state index contributed by atoms with van der Waals surface area (Å²) in [5.41, 5.74) is 1.43. The summed E-state index contributed by atoms with van der Waals surface area (Å²) in [6.07, 6.45) is 7.99. The molecule has 1 aromatic carbocycles. The van der Waals surface area contributed by atoms with Crippen LogP contribution in [0.15, 0.2) is 42.0 Å². The van der Waals surface area contributed by atoms with Crippen LogP contribution in [0.3, 0.4) is 0 Å². The first-order valence-corrected chi connectivity index (χ1v) is 8.86. The van der Waals surface area contributed by atoms with E-state index in [2.05, 4.69) is 25.1 Å². The molecule has 3 heteroatoms. The summed E-state index contributed by atoms with van der Waals surface area (Å²) < 4.78 is 5.94. The number of ether oxygens (including phenoxy) is 1. The number of carbonyl (C=O) groups is 1. The van der Waals surface area contributed by atoms with E-state index in [9.17, 15) is 4.79 Å². The number of hydrogen-bond donors (Lipinski definition) is 0. The maximum absolute atomic E-state index is 12.3. The first-order chi connectivity index (χ1) is 9.64. The van der Waals surface area contributed by atoms with Crippen molar-refractivity contribution >= 4 is 25.4 Å². The van der Waals surface area contributed by atoms with E-state index in [-0.39, 0.29) is 20.9 Å². The predicted molar refractivity (Wildman–Crippen MR) is 83.4 cm³/mol. The van der Waals surface area contributed by atoms with Gasteiger partial charge in [-0.05, 0) is 0 Å². The quantitative estimate of drug-likeness (QED) is 0.468. The second kappa shape index (κ2) is 7.10. The Labute approximate surface area is 127 Å². The van der Waals surface area contributed by atoms with Crippen LogP contribution < -0.4 is 4.46 Å². The average Bonchev–Trinajstić information content (AvgIpc) is 2.48. The van der Waals surface area contributed by atoms with E-state index in [1.165, 1.54) is 30.0 Å². The zero-order chi connectivity index (χ0) is 14.4. The minimum absolute atomic E-state index is 0.0761. The monoisotopic (exact) mass is 338 g/mol. The van der Waals surface area contributed by atoms with Crippen LogP contribution in [0.1, 0.15) is 39.0 Å². The Kier molecular flexibility index (Phi) is 5.45. The number of allylic oxidation sites excluding steroid dienone is 2. The summed E-state index contributed by atoms with van der Waals surface area (Å²) in [5, 5.41) is 0. The van der Waals surface area contributed by atoms with Gasteiger partial charge in [0.2, 0.25) is 0 Å². The van der Waals surface area contributed by atoms with Crippen molar-refractivity contribution in [3.8, 4) is 0 Å². The first kappa shape index (κ1) is 15.3. The molecule has 0 N–H and O–H groups in total. The van der Waals surface area contributed by atoms with Crippen molar-refractivity contribution in [2.45, 2.75) is 43.3 Å². The fourth-order valence-corrected chi connectivity index (χ4v) is 5.21. The molecule has 0 radical (unpaired) electrons. The average molecular weight is 337 g/mol. The molecule has 0 aromatic heterocycles. The molecule has 0 amide bonds. The summed E-state index contributed by atoms with van der Waals surface area (Å²) in [5.74, 6) is -0.0761. The summed E-state index contributed by atoms with van der Waals surface area (Å²) in [7, 11) is 1.50. The molecule has 0 bridgehead atoms. The van der Waals surface area contributed by atoms with Gasteiger partial charge in [0.1, 0.15) is 0 Å². The molecule has 0 saturated carbocycles. The third-order valence-electron chi connectivity index (χ3n) is 3.65. The van der Waals surface area contributed by atoms with Gasteiger partial charge in [-0.3, -0.25) is 0 Å². The van der Waals surface area contributed by atoms with Crippen molar-refractivity contribution < 1.29 is 9.53 Å². The van der Waals surface area contributed by atoms with Crippen LogP contribution in [-0.2, 0) is 9.53 Å².